The molecule has 72 valence electrons. The minimum absolute atomic E-state index is 0.0758. The predicted octanol–water partition coefficient (Wildman–Crippen LogP) is 1.39. The highest BCUT2D eigenvalue weighted by Gasteiger charge is 2.10. The molecule has 1 aliphatic rings. The van der Waals surface area contributed by atoms with Gasteiger partial charge in [0.15, 0.2) is 0 Å². The van der Waals surface area contributed by atoms with E-state index in [0.717, 1.165) is 31.4 Å². The van der Waals surface area contributed by atoms with Gasteiger partial charge in [0, 0.05) is 10.6 Å². The quantitative estimate of drug-likeness (QED) is 0.401. The van der Waals surface area contributed by atoms with Crippen LogP contribution in [0.3, 0.4) is 0 Å². The second-order valence-electron chi connectivity index (χ2n) is 2.93. The maximum atomic E-state index is 8.22. The van der Waals surface area contributed by atoms with Crippen LogP contribution in [0.5, 0.6) is 0 Å². The lowest BCUT2D eigenvalue weighted by Crippen LogP contribution is -1.98. The van der Waals surface area contributed by atoms with Crippen molar-refractivity contribution in [3.63, 3.8) is 0 Å². The van der Waals surface area contributed by atoms with Gasteiger partial charge in [0.1, 0.15) is 0 Å². The fraction of sp³-hybridized carbons (Fsp3) is 0.667. The van der Waals surface area contributed by atoms with Crippen LogP contribution in [0.4, 0.5) is 5.95 Å². The Labute approximate surface area is 79.2 Å². The molecular formula is C6H8N8. The smallest absolute Gasteiger partial charge is 0.157 e. The van der Waals surface area contributed by atoms with Crippen molar-refractivity contribution >= 4 is 11.7 Å². The van der Waals surface area contributed by atoms with E-state index in [1.807, 2.05) is 0 Å². The molecule has 0 atom stereocenters. The molecule has 1 heterocycles. The molecule has 1 aromatic heterocycles. The average Bonchev–Trinajstić information content (AvgIpc) is 2.80. The van der Waals surface area contributed by atoms with E-state index in [1.165, 1.54) is 4.79 Å². The summed E-state index contributed by atoms with van der Waals surface area (Å²) >= 11 is 0. The van der Waals surface area contributed by atoms with E-state index in [-0.39, 0.29) is 5.95 Å². The van der Waals surface area contributed by atoms with Gasteiger partial charge in [0.25, 0.3) is 5.95 Å². The summed E-state index contributed by atoms with van der Waals surface area (Å²) in [5, 5.41) is 18.0. The second kappa shape index (κ2) is 3.84. The lowest BCUT2D eigenvalue weighted by atomic mass is 10.3. The normalized spacial score (nSPS) is 15.3. The Kier molecular flexibility index (Phi) is 2.37. The molecule has 2 rings (SSSR count). The van der Waals surface area contributed by atoms with Crippen LogP contribution < -0.4 is 0 Å². The first kappa shape index (κ1) is 8.64. The third-order valence-corrected chi connectivity index (χ3v) is 1.99. The molecule has 1 aromatic rings. The van der Waals surface area contributed by atoms with Gasteiger partial charge < -0.3 is 0 Å². The zero-order chi connectivity index (χ0) is 9.80. The van der Waals surface area contributed by atoms with Gasteiger partial charge in [-0.05, 0) is 46.8 Å². The third-order valence-electron chi connectivity index (χ3n) is 1.99. The summed E-state index contributed by atoms with van der Waals surface area (Å²) in [6.07, 6.45) is 4.24. The minimum atomic E-state index is 0.0758. The second-order valence-corrected chi connectivity index (χ2v) is 2.93. The molecule has 0 bridgehead atoms. The van der Waals surface area contributed by atoms with Crippen LogP contribution in [0.1, 0.15) is 25.7 Å². The van der Waals surface area contributed by atoms with Crippen LogP contribution in [0.2, 0.25) is 0 Å². The van der Waals surface area contributed by atoms with Crippen molar-refractivity contribution in [2.45, 2.75) is 25.7 Å². The maximum Gasteiger partial charge on any atom is 0.263 e. The summed E-state index contributed by atoms with van der Waals surface area (Å²) in [5.74, 6) is 0.0758. The van der Waals surface area contributed by atoms with E-state index in [4.69, 9.17) is 5.53 Å². The number of hydrogen-bond donors (Lipinski definition) is 0. The van der Waals surface area contributed by atoms with E-state index < -0.39 is 0 Å². The van der Waals surface area contributed by atoms with Crippen LogP contribution >= 0.6 is 0 Å². The molecule has 0 aromatic carbocycles. The molecule has 0 saturated heterocycles. The third kappa shape index (κ3) is 1.69. The molecule has 0 amide bonds. The van der Waals surface area contributed by atoms with Gasteiger partial charge >= 0.3 is 0 Å². The van der Waals surface area contributed by atoms with Crippen molar-refractivity contribution < 1.29 is 0 Å². The molecule has 14 heavy (non-hydrogen) atoms. The maximum absolute atomic E-state index is 8.22. The van der Waals surface area contributed by atoms with Crippen molar-refractivity contribution in [2.75, 3.05) is 0 Å². The number of aromatic nitrogens is 4. The summed E-state index contributed by atoms with van der Waals surface area (Å²) in [7, 11) is 0. The standard InChI is InChI=1S/C6H8N8/c7-11-8-6-9-12-13-14(6)10-5-3-1-2-4-5/h1-4H2. The topological polar surface area (TPSA) is 105 Å². The summed E-state index contributed by atoms with van der Waals surface area (Å²) < 4.78 is 0. The Hall–Kier alpha value is -1.95. The van der Waals surface area contributed by atoms with Crippen molar-refractivity contribution in [3.8, 4) is 0 Å². The first-order chi connectivity index (χ1) is 6.90. The largest absolute Gasteiger partial charge is 0.263 e. The highest BCUT2D eigenvalue weighted by atomic mass is 15.7. The molecule has 0 aliphatic heterocycles. The molecule has 8 heteroatoms. The number of tetrazole rings is 1. The van der Waals surface area contributed by atoms with Gasteiger partial charge in [-0.15, -0.1) is 9.89 Å². The van der Waals surface area contributed by atoms with E-state index in [2.05, 4.69) is 30.7 Å². The van der Waals surface area contributed by atoms with Crippen molar-refractivity contribution in [3.05, 3.63) is 10.4 Å². The summed E-state index contributed by atoms with van der Waals surface area (Å²) in [6, 6.07) is 0. The fourth-order valence-corrected chi connectivity index (χ4v) is 1.36. The number of nitrogens with zero attached hydrogens (tertiary/aromatic N) is 8. The van der Waals surface area contributed by atoms with Crippen LogP contribution in [0, 0.1) is 0 Å². The number of hydrogen-bond acceptors (Lipinski definition) is 5. The van der Waals surface area contributed by atoms with Crippen LogP contribution in [-0.4, -0.2) is 26.0 Å². The highest BCUT2D eigenvalue weighted by Crippen LogP contribution is 2.15. The van der Waals surface area contributed by atoms with Crippen molar-refractivity contribution in [1.29, 1.82) is 0 Å². The van der Waals surface area contributed by atoms with Gasteiger partial charge in [-0.3, -0.25) is 0 Å². The molecule has 8 nitrogen and oxygen atoms in total. The van der Waals surface area contributed by atoms with Crippen LogP contribution in [0.15, 0.2) is 10.2 Å². The Bertz CT molecular complexity index is 390. The molecule has 0 N–H and O–H groups in total. The van der Waals surface area contributed by atoms with Gasteiger partial charge in [0.2, 0.25) is 0 Å². The highest BCUT2D eigenvalue weighted by molar-refractivity contribution is 5.85. The molecule has 0 unspecified atom stereocenters. The Morgan fingerprint density at radius 2 is 2.14 bits per heavy atom. The predicted molar refractivity (Wildman–Crippen MR) is 47.9 cm³/mol. The zero-order valence-electron chi connectivity index (χ0n) is 7.41. The van der Waals surface area contributed by atoms with E-state index in [9.17, 15) is 0 Å². The Balaban J connectivity index is 2.27. The van der Waals surface area contributed by atoms with E-state index in [0.29, 0.717) is 0 Å². The van der Waals surface area contributed by atoms with Crippen molar-refractivity contribution in [1.82, 2.24) is 20.3 Å². The van der Waals surface area contributed by atoms with E-state index >= 15 is 0 Å². The molecule has 0 radical (unpaired) electrons. The summed E-state index contributed by atoms with van der Waals surface area (Å²) in [5.41, 5.74) is 9.27. The summed E-state index contributed by atoms with van der Waals surface area (Å²) in [4.78, 5) is 3.77. The van der Waals surface area contributed by atoms with Crippen LogP contribution in [0.25, 0.3) is 10.4 Å². The first-order valence-electron chi connectivity index (χ1n) is 4.30. The fourth-order valence-electron chi connectivity index (χ4n) is 1.36. The van der Waals surface area contributed by atoms with E-state index in [1.54, 1.807) is 0 Å². The first-order valence-corrected chi connectivity index (χ1v) is 4.30. The van der Waals surface area contributed by atoms with Crippen molar-refractivity contribution in [2.24, 2.45) is 10.2 Å². The average molecular weight is 192 g/mol. The van der Waals surface area contributed by atoms with Crippen LogP contribution in [-0.2, 0) is 0 Å². The Morgan fingerprint density at radius 3 is 2.86 bits per heavy atom. The van der Waals surface area contributed by atoms with Gasteiger partial charge in [-0.25, -0.2) is 0 Å². The van der Waals surface area contributed by atoms with Gasteiger partial charge in [-0.1, -0.05) is 0 Å². The molecule has 1 aliphatic carbocycles. The SMILES string of the molecule is [N-]=[N+]=Nc1nnnn1N=C1CCCC1. The number of rotatable bonds is 2. The zero-order valence-corrected chi connectivity index (χ0v) is 7.41. The minimum Gasteiger partial charge on any atom is -0.157 e. The lowest BCUT2D eigenvalue weighted by Gasteiger charge is -1.94. The molecule has 1 fully saturated rings. The van der Waals surface area contributed by atoms with Gasteiger partial charge in [0.05, 0.1) is 0 Å². The summed E-state index contributed by atoms with van der Waals surface area (Å²) in [6.45, 7) is 0. The van der Waals surface area contributed by atoms with Gasteiger partial charge in [-0.2, -0.15) is 5.10 Å². The Morgan fingerprint density at radius 1 is 1.36 bits per heavy atom. The number of azide groups is 1. The molecule has 1 saturated carbocycles. The lowest BCUT2D eigenvalue weighted by molar-refractivity contribution is 0.689. The molecular weight excluding hydrogens is 184 g/mol. The monoisotopic (exact) mass is 192 g/mol. The molecule has 0 spiro atoms.